The summed E-state index contributed by atoms with van der Waals surface area (Å²) in [5.74, 6) is -0.972. The highest BCUT2D eigenvalue weighted by atomic mass is 35.5. The molecule has 1 aromatic rings. The van der Waals surface area contributed by atoms with Crippen molar-refractivity contribution in [2.75, 3.05) is 25.4 Å². The molecule has 1 fully saturated rings. The molecule has 1 aromatic carbocycles. The lowest BCUT2D eigenvalue weighted by atomic mass is 10.2. The van der Waals surface area contributed by atoms with Crippen LogP contribution in [0.4, 0.5) is 10.1 Å². The highest BCUT2D eigenvalue weighted by Crippen LogP contribution is 2.29. The van der Waals surface area contributed by atoms with Crippen LogP contribution in [0.5, 0.6) is 0 Å². The molecule has 5 nitrogen and oxygen atoms in total. The number of anilines is 1. The van der Waals surface area contributed by atoms with Gasteiger partial charge in [-0.25, -0.2) is 12.8 Å². The molecule has 0 aromatic heterocycles. The summed E-state index contributed by atoms with van der Waals surface area (Å²) in [6.07, 6.45) is 0.504. The first-order chi connectivity index (χ1) is 9.36. The maximum atomic E-state index is 14.0. The summed E-state index contributed by atoms with van der Waals surface area (Å²) in [7, 11) is -3.97. The Morgan fingerprint density at radius 3 is 2.90 bits per heavy atom. The van der Waals surface area contributed by atoms with Crippen molar-refractivity contribution >= 4 is 27.3 Å². The molecule has 1 atom stereocenters. The molecule has 2 N–H and O–H groups in total. The molecule has 8 heteroatoms. The number of nitrogens with zero attached hydrogens (tertiary/aromatic N) is 1. The van der Waals surface area contributed by atoms with Crippen LogP contribution in [0.25, 0.3) is 0 Å². The van der Waals surface area contributed by atoms with Crippen LogP contribution in [0.15, 0.2) is 17.0 Å². The first-order valence-electron chi connectivity index (χ1n) is 6.22. The Morgan fingerprint density at radius 2 is 2.25 bits per heavy atom. The molecule has 0 aliphatic carbocycles. The van der Waals surface area contributed by atoms with Crippen LogP contribution >= 0.6 is 11.6 Å². The van der Waals surface area contributed by atoms with E-state index in [9.17, 15) is 12.8 Å². The summed E-state index contributed by atoms with van der Waals surface area (Å²) in [6.45, 7) is 2.57. The van der Waals surface area contributed by atoms with Crippen molar-refractivity contribution in [1.82, 2.24) is 4.31 Å². The molecule has 1 saturated heterocycles. The maximum Gasteiger partial charge on any atom is 0.246 e. The Hall–Kier alpha value is -0.890. The van der Waals surface area contributed by atoms with Crippen molar-refractivity contribution in [1.29, 1.82) is 0 Å². The summed E-state index contributed by atoms with van der Waals surface area (Å²) in [6, 6.07) is 2.27. The molecule has 0 radical (unpaired) electrons. The molecule has 1 unspecified atom stereocenters. The standard InChI is InChI=1S/C12H16ClFN2O3S/c1-2-9-7-16(3-4-19-9)20(17,18)11-6-8(15)5-10(13)12(11)14/h5-6,9H,2-4,7,15H2,1H3. The second-order valence-electron chi connectivity index (χ2n) is 4.58. The van der Waals surface area contributed by atoms with Crippen molar-refractivity contribution in [3.63, 3.8) is 0 Å². The number of hydrogen-bond acceptors (Lipinski definition) is 4. The molecular formula is C12H16ClFN2O3S. The zero-order valence-corrected chi connectivity index (χ0v) is 12.5. The van der Waals surface area contributed by atoms with Gasteiger partial charge in [0.15, 0.2) is 5.82 Å². The third-order valence-electron chi connectivity index (χ3n) is 3.19. The SMILES string of the molecule is CCC1CN(S(=O)(=O)c2cc(N)cc(Cl)c2F)CCO1. The molecule has 112 valence electrons. The van der Waals surface area contributed by atoms with E-state index < -0.39 is 20.7 Å². The van der Waals surface area contributed by atoms with Gasteiger partial charge in [0, 0.05) is 18.8 Å². The van der Waals surface area contributed by atoms with Crippen molar-refractivity contribution in [2.24, 2.45) is 0 Å². The summed E-state index contributed by atoms with van der Waals surface area (Å²) < 4.78 is 45.6. The lowest BCUT2D eigenvalue weighted by molar-refractivity contribution is -0.00283. The Kier molecular flexibility index (Phi) is 4.53. The van der Waals surface area contributed by atoms with E-state index >= 15 is 0 Å². The molecule has 0 spiro atoms. The topological polar surface area (TPSA) is 72.6 Å². The summed E-state index contributed by atoms with van der Waals surface area (Å²) in [5.41, 5.74) is 5.66. The van der Waals surface area contributed by atoms with E-state index in [0.717, 1.165) is 6.07 Å². The predicted molar refractivity (Wildman–Crippen MR) is 74.6 cm³/mol. The molecular weight excluding hydrogens is 307 g/mol. The summed E-state index contributed by atoms with van der Waals surface area (Å²) >= 11 is 5.66. The third kappa shape index (κ3) is 2.90. The van der Waals surface area contributed by atoms with Gasteiger partial charge in [-0.2, -0.15) is 4.31 Å². The van der Waals surface area contributed by atoms with E-state index in [0.29, 0.717) is 6.42 Å². The normalized spacial score (nSPS) is 21.1. The monoisotopic (exact) mass is 322 g/mol. The van der Waals surface area contributed by atoms with Crippen molar-refractivity contribution < 1.29 is 17.5 Å². The Balaban J connectivity index is 2.40. The zero-order valence-electron chi connectivity index (χ0n) is 11.0. The quantitative estimate of drug-likeness (QED) is 0.862. The van der Waals surface area contributed by atoms with Gasteiger partial charge < -0.3 is 10.5 Å². The predicted octanol–water partition coefficient (Wildman–Crippen LogP) is 1.86. The number of rotatable bonds is 3. The van der Waals surface area contributed by atoms with E-state index in [1.807, 2.05) is 6.92 Å². The molecule has 0 amide bonds. The number of ether oxygens (including phenoxy) is 1. The van der Waals surface area contributed by atoms with Gasteiger partial charge in [-0.3, -0.25) is 0 Å². The fourth-order valence-electron chi connectivity index (χ4n) is 2.07. The second-order valence-corrected chi connectivity index (χ2v) is 6.89. The molecule has 0 saturated carbocycles. The fraction of sp³-hybridized carbons (Fsp3) is 0.500. The number of morpholine rings is 1. The van der Waals surface area contributed by atoms with Gasteiger partial charge >= 0.3 is 0 Å². The van der Waals surface area contributed by atoms with E-state index in [2.05, 4.69) is 0 Å². The van der Waals surface area contributed by atoms with Crippen LogP contribution in [0.2, 0.25) is 5.02 Å². The highest BCUT2D eigenvalue weighted by Gasteiger charge is 2.33. The second kappa shape index (κ2) is 5.85. The van der Waals surface area contributed by atoms with E-state index in [1.54, 1.807) is 0 Å². The first-order valence-corrected chi connectivity index (χ1v) is 8.04. The minimum absolute atomic E-state index is 0.107. The van der Waals surface area contributed by atoms with Crippen LogP contribution in [0.3, 0.4) is 0 Å². The number of sulfonamides is 1. The zero-order chi connectivity index (χ0) is 14.9. The van der Waals surface area contributed by atoms with Crippen LogP contribution < -0.4 is 5.73 Å². The fourth-order valence-corrected chi connectivity index (χ4v) is 3.93. The van der Waals surface area contributed by atoms with Crippen molar-refractivity contribution in [2.45, 2.75) is 24.3 Å². The largest absolute Gasteiger partial charge is 0.399 e. The van der Waals surface area contributed by atoms with Crippen LogP contribution in [-0.2, 0) is 14.8 Å². The molecule has 2 rings (SSSR count). The smallest absolute Gasteiger partial charge is 0.246 e. The Labute approximate surface area is 122 Å². The van der Waals surface area contributed by atoms with Gasteiger partial charge in [0.1, 0.15) is 4.90 Å². The first kappa shape index (κ1) is 15.5. The summed E-state index contributed by atoms with van der Waals surface area (Å²) in [4.78, 5) is -0.487. The Bertz CT molecular complexity index is 609. The van der Waals surface area contributed by atoms with Crippen LogP contribution in [-0.4, -0.2) is 38.5 Å². The lowest BCUT2D eigenvalue weighted by Gasteiger charge is -2.31. The number of nitrogen functional groups attached to an aromatic ring is 1. The number of hydrogen-bond donors (Lipinski definition) is 1. The van der Waals surface area contributed by atoms with Crippen molar-refractivity contribution in [3.8, 4) is 0 Å². The minimum atomic E-state index is -3.97. The van der Waals surface area contributed by atoms with Crippen molar-refractivity contribution in [3.05, 3.63) is 23.0 Å². The maximum absolute atomic E-state index is 14.0. The summed E-state index contributed by atoms with van der Waals surface area (Å²) in [5, 5.41) is -0.302. The highest BCUT2D eigenvalue weighted by molar-refractivity contribution is 7.89. The third-order valence-corrected chi connectivity index (χ3v) is 5.33. The molecule has 0 bridgehead atoms. The van der Waals surface area contributed by atoms with E-state index in [4.69, 9.17) is 22.1 Å². The van der Waals surface area contributed by atoms with Gasteiger partial charge in [-0.05, 0) is 18.6 Å². The average molecular weight is 323 g/mol. The number of benzene rings is 1. The van der Waals surface area contributed by atoms with Gasteiger partial charge in [-0.15, -0.1) is 0 Å². The van der Waals surface area contributed by atoms with Crippen LogP contribution in [0, 0.1) is 5.82 Å². The van der Waals surface area contributed by atoms with Crippen LogP contribution in [0.1, 0.15) is 13.3 Å². The van der Waals surface area contributed by atoms with E-state index in [-0.39, 0.29) is 36.5 Å². The molecule has 1 aliphatic rings. The minimum Gasteiger partial charge on any atom is -0.399 e. The van der Waals surface area contributed by atoms with E-state index in [1.165, 1.54) is 10.4 Å². The molecule has 1 aliphatic heterocycles. The number of halogens is 2. The Morgan fingerprint density at radius 1 is 1.55 bits per heavy atom. The van der Waals surface area contributed by atoms with Gasteiger partial charge in [-0.1, -0.05) is 18.5 Å². The van der Waals surface area contributed by atoms with Gasteiger partial charge in [0.05, 0.1) is 17.7 Å². The average Bonchev–Trinajstić information content (AvgIpc) is 2.42. The molecule has 1 heterocycles. The lowest BCUT2D eigenvalue weighted by Crippen LogP contribution is -2.45. The van der Waals surface area contributed by atoms with Gasteiger partial charge in [0.2, 0.25) is 10.0 Å². The van der Waals surface area contributed by atoms with Gasteiger partial charge in [0.25, 0.3) is 0 Å². The number of nitrogens with two attached hydrogens (primary N) is 1. The molecule has 20 heavy (non-hydrogen) atoms.